The second kappa shape index (κ2) is 7.25. The molecule has 0 radical (unpaired) electrons. The van der Waals surface area contributed by atoms with E-state index in [-0.39, 0.29) is 12.0 Å². The fourth-order valence-electron chi connectivity index (χ4n) is 3.69. The van der Waals surface area contributed by atoms with Gasteiger partial charge < -0.3 is 5.73 Å². The SMILES string of the molecule is NC(c1ncnc2scc(-c3ccccc3)c12)C1CCN(S(N)(=O)=O)CC1. The van der Waals surface area contributed by atoms with Gasteiger partial charge in [-0.2, -0.15) is 12.7 Å². The quantitative estimate of drug-likeness (QED) is 0.693. The average Bonchev–Trinajstić information content (AvgIpc) is 3.12. The van der Waals surface area contributed by atoms with E-state index in [4.69, 9.17) is 10.9 Å². The van der Waals surface area contributed by atoms with Gasteiger partial charge in [-0.25, -0.2) is 15.1 Å². The van der Waals surface area contributed by atoms with Crippen molar-refractivity contribution in [2.45, 2.75) is 18.9 Å². The molecule has 0 aliphatic carbocycles. The Balaban J connectivity index is 1.67. The first-order chi connectivity index (χ1) is 12.9. The molecule has 142 valence electrons. The molecule has 4 N–H and O–H groups in total. The van der Waals surface area contributed by atoms with Crippen LogP contribution in [0.1, 0.15) is 24.6 Å². The molecule has 7 nitrogen and oxygen atoms in total. The first kappa shape index (κ1) is 18.5. The van der Waals surface area contributed by atoms with Crippen LogP contribution in [-0.2, 0) is 10.2 Å². The Labute approximate surface area is 162 Å². The Morgan fingerprint density at radius 2 is 1.85 bits per heavy atom. The van der Waals surface area contributed by atoms with Crippen LogP contribution in [0.15, 0.2) is 42.0 Å². The summed E-state index contributed by atoms with van der Waals surface area (Å²) in [6, 6.07) is 9.84. The predicted molar refractivity (Wildman–Crippen MR) is 107 cm³/mol. The fourth-order valence-corrected chi connectivity index (χ4v) is 5.34. The van der Waals surface area contributed by atoms with Crippen LogP contribution in [0.5, 0.6) is 0 Å². The van der Waals surface area contributed by atoms with Gasteiger partial charge in [0, 0.05) is 29.4 Å². The lowest BCUT2D eigenvalue weighted by atomic mass is 9.87. The van der Waals surface area contributed by atoms with Crippen LogP contribution in [0, 0.1) is 5.92 Å². The maximum Gasteiger partial charge on any atom is 0.276 e. The van der Waals surface area contributed by atoms with Gasteiger partial charge in [0.25, 0.3) is 10.2 Å². The highest BCUT2D eigenvalue weighted by Crippen LogP contribution is 2.38. The van der Waals surface area contributed by atoms with E-state index in [9.17, 15) is 8.42 Å². The van der Waals surface area contributed by atoms with Gasteiger partial charge in [0.1, 0.15) is 11.2 Å². The van der Waals surface area contributed by atoms with Crippen LogP contribution in [0.25, 0.3) is 21.3 Å². The zero-order chi connectivity index (χ0) is 19.0. The first-order valence-electron chi connectivity index (χ1n) is 8.76. The molecule has 0 saturated carbocycles. The highest BCUT2D eigenvalue weighted by atomic mass is 32.2. The molecule has 0 spiro atoms. The average molecular weight is 404 g/mol. The van der Waals surface area contributed by atoms with Crippen molar-refractivity contribution in [3.8, 4) is 11.1 Å². The monoisotopic (exact) mass is 403 g/mol. The maximum atomic E-state index is 11.5. The van der Waals surface area contributed by atoms with Crippen LogP contribution in [0.2, 0.25) is 0 Å². The third kappa shape index (κ3) is 3.61. The Morgan fingerprint density at radius 3 is 2.52 bits per heavy atom. The Kier molecular flexibility index (Phi) is 4.95. The van der Waals surface area contributed by atoms with E-state index in [0.29, 0.717) is 25.9 Å². The minimum Gasteiger partial charge on any atom is -0.322 e. The van der Waals surface area contributed by atoms with E-state index in [1.807, 2.05) is 18.2 Å². The molecule has 1 aliphatic rings. The van der Waals surface area contributed by atoms with Crippen molar-refractivity contribution < 1.29 is 8.42 Å². The van der Waals surface area contributed by atoms with Gasteiger partial charge in [-0.3, -0.25) is 0 Å². The molecule has 27 heavy (non-hydrogen) atoms. The molecular weight excluding hydrogens is 382 g/mol. The maximum absolute atomic E-state index is 11.5. The molecule has 1 unspecified atom stereocenters. The summed E-state index contributed by atoms with van der Waals surface area (Å²) in [4.78, 5) is 9.84. The second-order valence-corrected chi connectivity index (χ2v) is 9.17. The number of aromatic nitrogens is 2. The predicted octanol–water partition coefficient (Wildman–Crippen LogP) is 2.27. The highest BCUT2D eigenvalue weighted by molar-refractivity contribution is 7.86. The van der Waals surface area contributed by atoms with Crippen LogP contribution < -0.4 is 10.9 Å². The van der Waals surface area contributed by atoms with E-state index in [0.717, 1.165) is 27.0 Å². The number of hydrogen-bond acceptors (Lipinski definition) is 6. The van der Waals surface area contributed by atoms with E-state index < -0.39 is 10.2 Å². The summed E-state index contributed by atoms with van der Waals surface area (Å²) in [6.45, 7) is 0.779. The molecule has 1 aliphatic heterocycles. The molecule has 1 saturated heterocycles. The molecule has 2 aromatic heterocycles. The smallest absolute Gasteiger partial charge is 0.276 e. The Hall–Kier alpha value is -1.91. The molecule has 0 amide bonds. The molecule has 1 fully saturated rings. The number of nitrogens with two attached hydrogens (primary N) is 2. The molecule has 9 heteroatoms. The van der Waals surface area contributed by atoms with E-state index in [1.165, 1.54) is 4.31 Å². The summed E-state index contributed by atoms with van der Waals surface area (Å²) < 4.78 is 24.4. The van der Waals surface area contributed by atoms with Gasteiger partial charge in [-0.1, -0.05) is 30.3 Å². The van der Waals surface area contributed by atoms with Crippen molar-refractivity contribution in [2.75, 3.05) is 13.1 Å². The molecular formula is C18H21N5O2S2. The van der Waals surface area contributed by atoms with Crippen LogP contribution >= 0.6 is 11.3 Å². The lowest BCUT2D eigenvalue weighted by Gasteiger charge is -2.33. The topological polar surface area (TPSA) is 115 Å². The molecule has 1 atom stereocenters. The highest BCUT2D eigenvalue weighted by Gasteiger charge is 2.31. The Bertz CT molecular complexity index is 1040. The van der Waals surface area contributed by atoms with Crippen molar-refractivity contribution in [3.63, 3.8) is 0 Å². The van der Waals surface area contributed by atoms with Crippen molar-refractivity contribution in [1.82, 2.24) is 14.3 Å². The van der Waals surface area contributed by atoms with Gasteiger partial charge in [0.2, 0.25) is 0 Å². The number of fused-ring (bicyclic) bond motifs is 1. The summed E-state index contributed by atoms with van der Waals surface area (Å²) >= 11 is 1.58. The van der Waals surface area contributed by atoms with Crippen LogP contribution in [-0.4, -0.2) is 35.8 Å². The number of thiophene rings is 1. The third-order valence-corrected chi connectivity index (χ3v) is 7.14. The van der Waals surface area contributed by atoms with E-state index >= 15 is 0 Å². The lowest BCUT2D eigenvalue weighted by molar-refractivity contribution is 0.244. The fraction of sp³-hybridized carbons (Fsp3) is 0.333. The van der Waals surface area contributed by atoms with Crippen molar-refractivity contribution in [2.24, 2.45) is 16.8 Å². The molecule has 4 rings (SSSR count). The minimum absolute atomic E-state index is 0.143. The minimum atomic E-state index is -3.64. The van der Waals surface area contributed by atoms with Crippen molar-refractivity contribution in [1.29, 1.82) is 0 Å². The number of nitrogens with zero attached hydrogens (tertiary/aromatic N) is 3. The summed E-state index contributed by atoms with van der Waals surface area (Å²) in [5, 5.41) is 8.32. The Morgan fingerprint density at radius 1 is 1.15 bits per heavy atom. The summed E-state index contributed by atoms with van der Waals surface area (Å²) in [5.74, 6) is 0.143. The molecule has 0 bridgehead atoms. The zero-order valence-corrected chi connectivity index (χ0v) is 16.3. The zero-order valence-electron chi connectivity index (χ0n) is 14.7. The van der Waals surface area contributed by atoms with Gasteiger partial charge in [-0.15, -0.1) is 11.3 Å². The summed E-state index contributed by atoms with van der Waals surface area (Å²) in [5.41, 5.74) is 9.63. The number of benzene rings is 1. The van der Waals surface area contributed by atoms with Crippen LogP contribution in [0.4, 0.5) is 0 Å². The number of rotatable bonds is 4. The number of piperidine rings is 1. The molecule has 1 aromatic carbocycles. The van der Waals surface area contributed by atoms with Crippen molar-refractivity contribution in [3.05, 3.63) is 47.7 Å². The number of hydrogen-bond donors (Lipinski definition) is 2. The normalized spacial score (nSPS) is 18.0. The summed E-state index contributed by atoms with van der Waals surface area (Å²) in [7, 11) is -3.64. The third-order valence-electron chi connectivity index (χ3n) is 5.17. The standard InChI is InChI=1S/C18H21N5O2S2/c19-16(13-6-8-23(9-7-13)27(20,24)25)17-15-14(12-4-2-1-3-5-12)10-26-18(15)22-11-21-17/h1-5,10-11,13,16H,6-9,19H2,(H2,20,24,25). The largest absolute Gasteiger partial charge is 0.322 e. The van der Waals surface area contributed by atoms with Crippen LogP contribution in [0.3, 0.4) is 0 Å². The van der Waals surface area contributed by atoms with E-state index in [1.54, 1.807) is 17.7 Å². The van der Waals surface area contributed by atoms with Crippen molar-refractivity contribution >= 4 is 31.8 Å². The second-order valence-electron chi connectivity index (χ2n) is 6.76. The van der Waals surface area contributed by atoms with Gasteiger partial charge in [-0.05, 0) is 24.3 Å². The molecule has 3 heterocycles. The molecule has 3 aromatic rings. The van der Waals surface area contributed by atoms with Gasteiger partial charge in [0.05, 0.1) is 11.7 Å². The van der Waals surface area contributed by atoms with Gasteiger partial charge in [0.15, 0.2) is 0 Å². The van der Waals surface area contributed by atoms with Gasteiger partial charge >= 0.3 is 0 Å². The summed E-state index contributed by atoms with van der Waals surface area (Å²) in [6.07, 6.45) is 2.88. The first-order valence-corrected chi connectivity index (χ1v) is 11.1. The lowest BCUT2D eigenvalue weighted by Crippen LogP contribution is -2.44. The van der Waals surface area contributed by atoms with E-state index in [2.05, 4.69) is 27.5 Å².